The van der Waals surface area contributed by atoms with Crippen molar-refractivity contribution in [1.82, 2.24) is 10.3 Å². The van der Waals surface area contributed by atoms with Gasteiger partial charge in [-0.1, -0.05) is 6.07 Å². The van der Waals surface area contributed by atoms with Gasteiger partial charge in [0.2, 0.25) is 5.88 Å². The van der Waals surface area contributed by atoms with Gasteiger partial charge in [0, 0.05) is 17.5 Å². The number of carbonyl (C=O) groups excluding carboxylic acids is 1. The molecule has 2 heterocycles. The number of nitrogens with one attached hydrogen (secondary N) is 1. The summed E-state index contributed by atoms with van der Waals surface area (Å²) in [6, 6.07) is 6.75. The normalized spacial score (nSPS) is 24.7. The fourth-order valence-electron chi connectivity index (χ4n) is 3.00. The molecule has 0 radical (unpaired) electrons. The van der Waals surface area contributed by atoms with Crippen LogP contribution in [0.25, 0.3) is 10.8 Å². The van der Waals surface area contributed by atoms with Gasteiger partial charge in [0.15, 0.2) is 6.17 Å². The molecule has 128 valence electrons. The van der Waals surface area contributed by atoms with Crippen LogP contribution in [0.2, 0.25) is 0 Å². The second-order valence-electron chi connectivity index (χ2n) is 5.85. The second-order valence-corrected chi connectivity index (χ2v) is 5.85. The molecule has 1 aliphatic heterocycles. The van der Waals surface area contributed by atoms with Crippen LogP contribution in [0.1, 0.15) is 6.92 Å². The third kappa shape index (κ3) is 2.99. The maximum absolute atomic E-state index is 13.9. The van der Waals surface area contributed by atoms with Crippen molar-refractivity contribution in [3.63, 3.8) is 0 Å². The highest BCUT2D eigenvalue weighted by atomic mass is 19.1. The van der Waals surface area contributed by atoms with Crippen molar-refractivity contribution in [2.45, 2.75) is 25.2 Å². The van der Waals surface area contributed by atoms with Crippen LogP contribution in [0.3, 0.4) is 0 Å². The van der Waals surface area contributed by atoms with E-state index in [0.717, 1.165) is 10.8 Å². The first-order valence-corrected chi connectivity index (χ1v) is 7.69. The Morgan fingerprint density at radius 2 is 2.21 bits per heavy atom. The molecule has 1 aliphatic rings. The summed E-state index contributed by atoms with van der Waals surface area (Å²) in [5.74, 6) is -0.531. The molecular weight excluding hydrogens is 315 g/mol. The summed E-state index contributed by atoms with van der Waals surface area (Å²) >= 11 is 0. The average Bonchev–Trinajstić information content (AvgIpc) is 2.86. The molecular formula is C17H19FN2O4. The maximum Gasteiger partial charge on any atom is 0.255 e. The average molecular weight is 334 g/mol. The zero-order chi connectivity index (χ0) is 17.3. The van der Waals surface area contributed by atoms with Crippen LogP contribution in [0.15, 0.2) is 30.5 Å². The molecule has 3 rings (SSSR count). The van der Waals surface area contributed by atoms with Crippen LogP contribution in [-0.4, -0.2) is 48.0 Å². The van der Waals surface area contributed by atoms with Crippen molar-refractivity contribution < 1.29 is 23.8 Å². The Bertz CT molecular complexity index is 752. The number of aliphatic hydroxyl groups is 1. The first kappa shape index (κ1) is 16.4. The van der Waals surface area contributed by atoms with Gasteiger partial charge >= 0.3 is 0 Å². The van der Waals surface area contributed by atoms with Gasteiger partial charge in [-0.2, -0.15) is 0 Å². The number of ether oxygens (including phenoxy) is 2. The van der Waals surface area contributed by atoms with E-state index in [1.165, 1.54) is 6.92 Å². The van der Waals surface area contributed by atoms with E-state index in [-0.39, 0.29) is 6.61 Å². The lowest BCUT2D eigenvalue weighted by atomic mass is 9.94. The quantitative estimate of drug-likeness (QED) is 0.865. The third-order valence-electron chi connectivity index (χ3n) is 4.27. The van der Waals surface area contributed by atoms with Crippen molar-refractivity contribution in [3.05, 3.63) is 30.5 Å². The predicted molar refractivity (Wildman–Crippen MR) is 85.8 cm³/mol. The number of halogens is 1. The van der Waals surface area contributed by atoms with Crippen molar-refractivity contribution in [2.24, 2.45) is 5.92 Å². The number of aromatic nitrogens is 1. The van der Waals surface area contributed by atoms with Crippen LogP contribution in [0.4, 0.5) is 4.39 Å². The molecule has 4 atom stereocenters. The number of hydrogen-bond acceptors (Lipinski definition) is 5. The SMILES string of the molecule is COc1ccc2ccnc(OC[C@H]3NC(=O)[C@@H](F)[C@H]3C(C)O)c2c1. The topological polar surface area (TPSA) is 80.7 Å². The standard InChI is InChI=1S/C17H19FN2O4/c1-9(21)14-13(20-16(22)15(14)18)8-24-17-12-7-11(23-2)4-3-10(12)5-6-19-17/h3-7,9,13-15,21H,8H2,1-2H3,(H,20,22)/t9?,13-,14+,15+/m1/s1. The highest BCUT2D eigenvalue weighted by molar-refractivity contribution is 5.88. The lowest BCUT2D eigenvalue weighted by molar-refractivity contribution is -0.124. The molecule has 6 nitrogen and oxygen atoms in total. The number of benzene rings is 1. The Morgan fingerprint density at radius 3 is 2.92 bits per heavy atom. The summed E-state index contributed by atoms with van der Waals surface area (Å²) in [5, 5.41) is 13.9. The number of hydrogen-bond donors (Lipinski definition) is 2. The van der Waals surface area contributed by atoms with Crippen molar-refractivity contribution in [2.75, 3.05) is 13.7 Å². The fourth-order valence-corrected chi connectivity index (χ4v) is 3.00. The molecule has 1 aromatic carbocycles. The Kier molecular flexibility index (Phi) is 4.53. The number of rotatable bonds is 5. The number of methoxy groups -OCH3 is 1. The number of aliphatic hydroxyl groups excluding tert-OH is 1. The van der Waals surface area contributed by atoms with Gasteiger partial charge in [0.1, 0.15) is 12.4 Å². The van der Waals surface area contributed by atoms with Crippen LogP contribution in [-0.2, 0) is 4.79 Å². The molecule has 2 N–H and O–H groups in total. The summed E-state index contributed by atoms with van der Waals surface area (Å²) in [6.45, 7) is 1.48. The fraction of sp³-hybridized carbons (Fsp3) is 0.412. The highest BCUT2D eigenvalue weighted by Gasteiger charge is 2.45. The van der Waals surface area contributed by atoms with E-state index in [4.69, 9.17) is 9.47 Å². The Balaban J connectivity index is 1.81. The van der Waals surface area contributed by atoms with Crippen molar-refractivity contribution in [3.8, 4) is 11.6 Å². The summed E-state index contributed by atoms with van der Waals surface area (Å²) in [5.41, 5.74) is 0. The molecule has 1 saturated heterocycles. The van der Waals surface area contributed by atoms with E-state index >= 15 is 0 Å². The molecule has 7 heteroatoms. The molecule has 0 bridgehead atoms. The van der Waals surface area contributed by atoms with E-state index < -0.39 is 30.1 Å². The van der Waals surface area contributed by atoms with Gasteiger partial charge in [-0.05, 0) is 30.5 Å². The molecule has 0 aliphatic carbocycles. The van der Waals surface area contributed by atoms with Crippen LogP contribution in [0, 0.1) is 5.92 Å². The zero-order valence-corrected chi connectivity index (χ0v) is 13.4. The highest BCUT2D eigenvalue weighted by Crippen LogP contribution is 2.29. The second kappa shape index (κ2) is 6.60. The first-order chi connectivity index (χ1) is 11.5. The summed E-state index contributed by atoms with van der Waals surface area (Å²) in [4.78, 5) is 15.7. The van der Waals surface area contributed by atoms with Crippen molar-refractivity contribution in [1.29, 1.82) is 0 Å². The molecule has 1 fully saturated rings. The number of fused-ring (bicyclic) bond motifs is 1. The number of alkyl halides is 1. The lowest BCUT2D eigenvalue weighted by Crippen LogP contribution is -2.39. The van der Waals surface area contributed by atoms with Gasteiger partial charge in [-0.15, -0.1) is 0 Å². The van der Waals surface area contributed by atoms with E-state index in [0.29, 0.717) is 11.6 Å². The largest absolute Gasteiger partial charge is 0.497 e. The van der Waals surface area contributed by atoms with Crippen LogP contribution < -0.4 is 14.8 Å². The van der Waals surface area contributed by atoms with Gasteiger partial charge in [-0.25, -0.2) is 9.37 Å². The molecule has 0 saturated carbocycles. The van der Waals surface area contributed by atoms with E-state index in [2.05, 4.69) is 10.3 Å². The Labute approximate surface area is 138 Å². The smallest absolute Gasteiger partial charge is 0.255 e. The minimum Gasteiger partial charge on any atom is -0.497 e. The summed E-state index contributed by atoms with van der Waals surface area (Å²) in [6.07, 6.45) is -1.09. The third-order valence-corrected chi connectivity index (χ3v) is 4.27. The van der Waals surface area contributed by atoms with Gasteiger partial charge in [0.25, 0.3) is 5.91 Å². The van der Waals surface area contributed by atoms with Crippen molar-refractivity contribution >= 4 is 16.7 Å². The number of nitrogens with zero attached hydrogens (tertiary/aromatic N) is 1. The number of amides is 1. The van der Waals surface area contributed by atoms with Gasteiger partial charge < -0.3 is 19.9 Å². The summed E-state index contributed by atoms with van der Waals surface area (Å²) < 4.78 is 24.8. The van der Waals surface area contributed by atoms with E-state index in [1.54, 1.807) is 19.4 Å². The summed E-state index contributed by atoms with van der Waals surface area (Å²) in [7, 11) is 1.57. The van der Waals surface area contributed by atoms with Crippen LogP contribution >= 0.6 is 0 Å². The van der Waals surface area contributed by atoms with Gasteiger partial charge in [-0.3, -0.25) is 4.79 Å². The Hall–Kier alpha value is -2.41. The lowest BCUT2D eigenvalue weighted by Gasteiger charge is -2.22. The number of pyridine rings is 1. The van der Waals surface area contributed by atoms with Crippen LogP contribution in [0.5, 0.6) is 11.6 Å². The predicted octanol–water partition coefficient (Wildman–Crippen LogP) is 1.46. The van der Waals surface area contributed by atoms with E-state index in [1.807, 2.05) is 18.2 Å². The molecule has 1 aromatic heterocycles. The Morgan fingerprint density at radius 1 is 1.42 bits per heavy atom. The molecule has 1 unspecified atom stereocenters. The maximum atomic E-state index is 13.9. The first-order valence-electron chi connectivity index (χ1n) is 7.69. The zero-order valence-electron chi connectivity index (χ0n) is 13.4. The molecule has 2 aromatic rings. The van der Waals surface area contributed by atoms with Gasteiger partial charge in [0.05, 0.1) is 19.3 Å². The minimum atomic E-state index is -1.74. The molecule has 1 amide bonds. The van der Waals surface area contributed by atoms with E-state index in [9.17, 15) is 14.3 Å². The monoisotopic (exact) mass is 334 g/mol. The minimum absolute atomic E-state index is 0.0189. The number of carbonyl (C=O) groups is 1. The molecule has 24 heavy (non-hydrogen) atoms. The molecule has 0 spiro atoms.